The number of hydrogen-bond donors (Lipinski definition) is 1. The van der Waals surface area contributed by atoms with Crippen LogP contribution < -0.4 is 5.32 Å². The summed E-state index contributed by atoms with van der Waals surface area (Å²) in [6.07, 6.45) is 8.91. The fourth-order valence-corrected chi connectivity index (χ4v) is 4.38. The molecule has 3 aromatic rings. The van der Waals surface area contributed by atoms with E-state index in [4.69, 9.17) is 0 Å². The van der Waals surface area contributed by atoms with Crippen molar-refractivity contribution in [2.45, 2.75) is 26.3 Å². The number of carbonyl (C=O) groups excluding carboxylic acids is 1. The summed E-state index contributed by atoms with van der Waals surface area (Å²) in [4.78, 5) is 23.9. The van der Waals surface area contributed by atoms with Crippen LogP contribution in [0.25, 0.3) is 11.1 Å². The van der Waals surface area contributed by atoms with Gasteiger partial charge < -0.3 is 5.32 Å². The Bertz CT molecular complexity index is 977. The monoisotopic (exact) mass is 400 g/mol. The Morgan fingerprint density at radius 3 is 2.63 bits per heavy atom. The van der Waals surface area contributed by atoms with Crippen LogP contribution in [0.15, 0.2) is 73.3 Å². The predicted octanol–water partition coefficient (Wildman–Crippen LogP) is 3.71. The molecule has 1 aliphatic heterocycles. The second-order valence-corrected chi connectivity index (χ2v) is 8.07. The van der Waals surface area contributed by atoms with Gasteiger partial charge in [0.1, 0.15) is 0 Å². The predicted molar refractivity (Wildman–Crippen MR) is 119 cm³/mol. The van der Waals surface area contributed by atoms with E-state index >= 15 is 0 Å². The van der Waals surface area contributed by atoms with Gasteiger partial charge in [-0.25, -0.2) is 0 Å². The summed E-state index contributed by atoms with van der Waals surface area (Å²) in [5.41, 5.74) is 4.25. The van der Waals surface area contributed by atoms with Gasteiger partial charge in [0.05, 0.1) is 5.41 Å². The van der Waals surface area contributed by atoms with E-state index in [1.807, 2.05) is 43.7 Å². The Morgan fingerprint density at radius 2 is 1.87 bits per heavy atom. The fraction of sp³-hybridized carbons (Fsp3) is 0.320. The zero-order valence-corrected chi connectivity index (χ0v) is 17.4. The molecule has 0 radical (unpaired) electrons. The molecule has 1 amide bonds. The van der Waals surface area contributed by atoms with Gasteiger partial charge in [-0.2, -0.15) is 0 Å². The van der Waals surface area contributed by atoms with Gasteiger partial charge in [0, 0.05) is 44.4 Å². The standard InChI is InChI=1S/C25H28N4O/c1-2-28-24(30)25(10-14-29(19-25)18-20-8-12-26-13-9-20)16-21-5-3-6-22(15-21)23-7-4-11-27-17-23/h3-9,11-13,15,17H,2,10,14,16,18-19H2,1H3,(H,28,30)/t25-/m0/s1. The molecule has 3 heterocycles. The molecule has 4 rings (SSSR count). The van der Waals surface area contributed by atoms with Crippen molar-refractivity contribution >= 4 is 5.91 Å². The van der Waals surface area contributed by atoms with Crippen molar-refractivity contribution in [3.05, 3.63) is 84.4 Å². The van der Waals surface area contributed by atoms with Crippen molar-refractivity contribution < 1.29 is 4.79 Å². The summed E-state index contributed by atoms with van der Waals surface area (Å²) >= 11 is 0. The minimum Gasteiger partial charge on any atom is -0.356 e. The number of amides is 1. The van der Waals surface area contributed by atoms with Crippen LogP contribution in [0.1, 0.15) is 24.5 Å². The van der Waals surface area contributed by atoms with Gasteiger partial charge in [-0.05, 0) is 66.8 Å². The van der Waals surface area contributed by atoms with Crippen molar-refractivity contribution in [1.82, 2.24) is 20.2 Å². The number of nitrogens with zero attached hydrogens (tertiary/aromatic N) is 3. The average Bonchev–Trinajstić information content (AvgIpc) is 3.19. The minimum absolute atomic E-state index is 0.161. The van der Waals surface area contributed by atoms with Crippen molar-refractivity contribution in [3.63, 3.8) is 0 Å². The van der Waals surface area contributed by atoms with Crippen LogP contribution in [-0.2, 0) is 17.8 Å². The van der Waals surface area contributed by atoms with E-state index in [2.05, 4.69) is 50.5 Å². The van der Waals surface area contributed by atoms with Crippen molar-refractivity contribution in [2.24, 2.45) is 5.41 Å². The zero-order valence-electron chi connectivity index (χ0n) is 17.4. The van der Waals surface area contributed by atoms with Crippen LogP contribution in [-0.4, -0.2) is 40.4 Å². The molecule has 0 unspecified atom stereocenters. The van der Waals surface area contributed by atoms with Crippen molar-refractivity contribution in [2.75, 3.05) is 19.6 Å². The van der Waals surface area contributed by atoms with Gasteiger partial charge in [0.2, 0.25) is 5.91 Å². The van der Waals surface area contributed by atoms with Gasteiger partial charge in [-0.3, -0.25) is 19.7 Å². The van der Waals surface area contributed by atoms with Crippen LogP contribution in [0.4, 0.5) is 0 Å². The molecule has 154 valence electrons. The topological polar surface area (TPSA) is 58.1 Å². The molecule has 5 heteroatoms. The number of carbonyl (C=O) groups is 1. The second-order valence-electron chi connectivity index (χ2n) is 8.07. The van der Waals surface area contributed by atoms with E-state index in [1.165, 1.54) is 11.1 Å². The average molecular weight is 401 g/mol. The molecule has 0 spiro atoms. The quantitative estimate of drug-likeness (QED) is 0.657. The number of nitrogens with one attached hydrogen (secondary N) is 1. The number of likely N-dealkylation sites (tertiary alicyclic amines) is 1. The van der Waals surface area contributed by atoms with Crippen LogP contribution in [0.3, 0.4) is 0 Å². The molecule has 5 nitrogen and oxygen atoms in total. The van der Waals surface area contributed by atoms with E-state index in [9.17, 15) is 4.79 Å². The molecule has 1 N–H and O–H groups in total. The molecule has 0 bridgehead atoms. The van der Waals surface area contributed by atoms with E-state index in [-0.39, 0.29) is 5.91 Å². The molecule has 2 aromatic heterocycles. The third-order valence-electron chi connectivity index (χ3n) is 5.87. The Balaban J connectivity index is 1.56. The summed E-state index contributed by atoms with van der Waals surface area (Å²) in [5.74, 6) is 0.161. The van der Waals surface area contributed by atoms with Gasteiger partial charge in [-0.1, -0.05) is 30.3 Å². The van der Waals surface area contributed by atoms with Crippen molar-refractivity contribution in [1.29, 1.82) is 0 Å². The first-order chi connectivity index (χ1) is 14.7. The van der Waals surface area contributed by atoms with E-state index < -0.39 is 5.41 Å². The molecule has 1 atom stereocenters. The van der Waals surface area contributed by atoms with Gasteiger partial charge in [-0.15, -0.1) is 0 Å². The first kappa shape index (κ1) is 20.2. The van der Waals surface area contributed by atoms with E-state index in [0.29, 0.717) is 6.54 Å². The van der Waals surface area contributed by atoms with Gasteiger partial charge in [0.15, 0.2) is 0 Å². The number of benzene rings is 1. The van der Waals surface area contributed by atoms with Crippen LogP contribution >= 0.6 is 0 Å². The highest BCUT2D eigenvalue weighted by atomic mass is 16.2. The maximum absolute atomic E-state index is 13.2. The third-order valence-corrected chi connectivity index (χ3v) is 5.87. The molecular formula is C25H28N4O. The summed E-state index contributed by atoms with van der Waals surface area (Å²) in [6.45, 7) is 5.17. The normalized spacial score (nSPS) is 19.0. The van der Waals surface area contributed by atoms with Crippen LogP contribution in [0.2, 0.25) is 0 Å². The largest absolute Gasteiger partial charge is 0.356 e. The molecule has 1 aliphatic rings. The Morgan fingerprint density at radius 1 is 1.03 bits per heavy atom. The molecule has 0 saturated carbocycles. The number of aromatic nitrogens is 2. The maximum atomic E-state index is 13.2. The molecule has 0 aliphatic carbocycles. The summed E-state index contributed by atoms with van der Waals surface area (Å²) in [5, 5.41) is 3.09. The lowest BCUT2D eigenvalue weighted by Gasteiger charge is -2.28. The Kier molecular flexibility index (Phi) is 6.19. The summed E-state index contributed by atoms with van der Waals surface area (Å²) in [6, 6.07) is 16.6. The third kappa shape index (κ3) is 4.57. The Hall–Kier alpha value is -3.05. The first-order valence-corrected chi connectivity index (χ1v) is 10.6. The Labute approximate surface area is 178 Å². The van der Waals surface area contributed by atoms with Crippen molar-refractivity contribution in [3.8, 4) is 11.1 Å². The maximum Gasteiger partial charge on any atom is 0.227 e. The van der Waals surface area contributed by atoms with E-state index in [0.717, 1.165) is 43.6 Å². The zero-order chi connectivity index (χ0) is 20.8. The lowest BCUT2D eigenvalue weighted by Crippen LogP contribution is -2.44. The summed E-state index contributed by atoms with van der Waals surface area (Å²) < 4.78 is 0. The number of rotatable bonds is 7. The molecule has 1 aromatic carbocycles. The smallest absolute Gasteiger partial charge is 0.227 e. The van der Waals surface area contributed by atoms with Gasteiger partial charge in [0.25, 0.3) is 0 Å². The lowest BCUT2D eigenvalue weighted by molar-refractivity contribution is -0.130. The number of pyridine rings is 2. The fourth-order valence-electron chi connectivity index (χ4n) is 4.38. The molecule has 1 saturated heterocycles. The molecule has 30 heavy (non-hydrogen) atoms. The molecular weight excluding hydrogens is 372 g/mol. The highest BCUT2D eigenvalue weighted by molar-refractivity contribution is 5.83. The van der Waals surface area contributed by atoms with Crippen LogP contribution in [0, 0.1) is 5.41 Å². The SMILES string of the molecule is CCNC(=O)[C@]1(Cc2cccc(-c3cccnc3)c2)CCN(Cc2ccncc2)C1. The minimum atomic E-state index is -0.406. The second kappa shape index (κ2) is 9.18. The molecule has 1 fully saturated rings. The first-order valence-electron chi connectivity index (χ1n) is 10.6. The van der Waals surface area contributed by atoms with E-state index in [1.54, 1.807) is 6.20 Å². The van der Waals surface area contributed by atoms with Gasteiger partial charge >= 0.3 is 0 Å². The van der Waals surface area contributed by atoms with Crippen LogP contribution in [0.5, 0.6) is 0 Å². The summed E-state index contributed by atoms with van der Waals surface area (Å²) in [7, 11) is 0. The number of hydrogen-bond acceptors (Lipinski definition) is 4. The lowest BCUT2D eigenvalue weighted by atomic mass is 9.79. The highest BCUT2D eigenvalue weighted by Crippen LogP contribution is 2.36. The highest BCUT2D eigenvalue weighted by Gasteiger charge is 2.44.